The van der Waals surface area contributed by atoms with Crippen LogP contribution in [0, 0.1) is 5.92 Å². The molecule has 3 heterocycles. The number of nitrogens with zero attached hydrogens (tertiary/aromatic N) is 2. The van der Waals surface area contributed by atoms with Gasteiger partial charge in [0.15, 0.2) is 0 Å². The normalized spacial score (nSPS) is 34.8. The largest absolute Gasteiger partial charge is 0.389 e. The lowest BCUT2D eigenvalue weighted by atomic mass is 9.77. The standard InChI is InChI=1S/C18H28N2O4/c21-16(11-18(23)5-3-6-18)20-9-4-13-10-14(24-15(13)12-20)17(22)19-7-1-2-8-19/h13-15,23H,1-12H2/t13-,14+,15+/m0/s1. The molecule has 0 unspecified atom stereocenters. The van der Waals surface area contributed by atoms with Crippen LogP contribution in [0.4, 0.5) is 0 Å². The molecule has 1 N–H and O–H groups in total. The van der Waals surface area contributed by atoms with Gasteiger partial charge in [0.05, 0.1) is 18.1 Å². The van der Waals surface area contributed by atoms with Gasteiger partial charge in [0.25, 0.3) is 5.91 Å². The van der Waals surface area contributed by atoms with Gasteiger partial charge < -0.3 is 19.6 Å². The zero-order valence-corrected chi connectivity index (χ0v) is 14.3. The quantitative estimate of drug-likeness (QED) is 0.832. The first kappa shape index (κ1) is 16.3. The molecule has 1 aliphatic carbocycles. The average molecular weight is 336 g/mol. The van der Waals surface area contributed by atoms with Gasteiger partial charge in [-0.3, -0.25) is 9.59 Å². The van der Waals surface area contributed by atoms with Crippen LogP contribution in [0.1, 0.15) is 51.4 Å². The number of rotatable bonds is 3. The van der Waals surface area contributed by atoms with Crippen LogP contribution < -0.4 is 0 Å². The third-order valence-corrected chi connectivity index (χ3v) is 6.36. The van der Waals surface area contributed by atoms with Gasteiger partial charge >= 0.3 is 0 Å². The van der Waals surface area contributed by atoms with Crippen molar-refractivity contribution < 1.29 is 19.4 Å². The monoisotopic (exact) mass is 336 g/mol. The van der Waals surface area contributed by atoms with Crippen molar-refractivity contribution in [1.82, 2.24) is 9.80 Å². The second-order valence-electron chi connectivity index (χ2n) is 8.07. The average Bonchev–Trinajstić information content (AvgIpc) is 3.21. The maximum absolute atomic E-state index is 12.5. The number of likely N-dealkylation sites (tertiary alicyclic amines) is 2. The number of aliphatic hydroxyl groups is 1. The highest BCUT2D eigenvalue weighted by molar-refractivity contribution is 5.81. The fourth-order valence-corrected chi connectivity index (χ4v) is 4.61. The molecule has 1 saturated carbocycles. The Kier molecular flexibility index (Phi) is 4.29. The smallest absolute Gasteiger partial charge is 0.251 e. The summed E-state index contributed by atoms with van der Waals surface area (Å²) in [5.74, 6) is 0.564. The molecule has 3 aliphatic heterocycles. The Bertz CT molecular complexity index is 513. The molecule has 2 amide bonds. The van der Waals surface area contributed by atoms with Crippen LogP contribution in [-0.4, -0.2) is 70.7 Å². The van der Waals surface area contributed by atoms with E-state index in [2.05, 4.69) is 0 Å². The number of carbonyl (C=O) groups is 2. The van der Waals surface area contributed by atoms with E-state index in [4.69, 9.17) is 4.74 Å². The van der Waals surface area contributed by atoms with Crippen LogP contribution >= 0.6 is 0 Å². The van der Waals surface area contributed by atoms with Crippen molar-refractivity contribution in [3.05, 3.63) is 0 Å². The van der Waals surface area contributed by atoms with Crippen molar-refractivity contribution in [2.45, 2.75) is 69.2 Å². The molecule has 24 heavy (non-hydrogen) atoms. The lowest BCUT2D eigenvalue weighted by Crippen LogP contribution is -2.49. The van der Waals surface area contributed by atoms with Gasteiger partial charge in [0.2, 0.25) is 5.91 Å². The van der Waals surface area contributed by atoms with E-state index in [1.807, 2.05) is 9.80 Å². The zero-order valence-electron chi connectivity index (χ0n) is 14.3. The zero-order chi connectivity index (χ0) is 16.7. The highest BCUT2D eigenvalue weighted by Gasteiger charge is 2.45. The van der Waals surface area contributed by atoms with E-state index >= 15 is 0 Å². The first-order valence-electron chi connectivity index (χ1n) is 9.48. The van der Waals surface area contributed by atoms with Crippen LogP contribution in [0.5, 0.6) is 0 Å². The van der Waals surface area contributed by atoms with E-state index in [1.54, 1.807) is 0 Å². The van der Waals surface area contributed by atoms with Crippen molar-refractivity contribution in [3.63, 3.8) is 0 Å². The summed E-state index contributed by atoms with van der Waals surface area (Å²) < 4.78 is 6.04. The molecule has 4 aliphatic rings. The molecule has 3 saturated heterocycles. The number of hydrogen-bond donors (Lipinski definition) is 1. The van der Waals surface area contributed by atoms with Gasteiger partial charge in [-0.15, -0.1) is 0 Å². The first-order chi connectivity index (χ1) is 11.5. The second kappa shape index (κ2) is 6.30. The fraction of sp³-hybridized carbons (Fsp3) is 0.889. The highest BCUT2D eigenvalue weighted by Crippen LogP contribution is 2.37. The summed E-state index contributed by atoms with van der Waals surface area (Å²) in [5, 5.41) is 10.2. The SMILES string of the molecule is O=C(CC1(O)CCC1)N1CC[C@H]2C[C@H](C(=O)N3CCCC3)O[C@@H]2C1. The van der Waals surface area contributed by atoms with Gasteiger partial charge in [-0.1, -0.05) is 0 Å². The summed E-state index contributed by atoms with van der Waals surface area (Å²) in [7, 11) is 0. The van der Waals surface area contributed by atoms with E-state index in [0.717, 1.165) is 64.6 Å². The van der Waals surface area contributed by atoms with Crippen LogP contribution in [-0.2, 0) is 14.3 Å². The van der Waals surface area contributed by atoms with Crippen LogP contribution in [0.25, 0.3) is 0 Å². The van der Waals surface area contributed by atoms with E-state index in [9.17, 15) is 14.7 Å². The van der Waals surface area contributed by atoms with Crippen LogP contribution in [0.3, 0.4) is 0 Å². The van der Waals surface area contributed by atoms with Crippen molar-refractivity contribution in [3.8, 4) is 0 Å². The number of fused-ring (bicyclic) bond motifs is 1. The molecule has 0 aromatic heterocycles. The van der Waals surface area contributed by atoms with Gasteiger partial charge in [0, 0.05) is 26.2 Å². The fourth-order valence-electron chi connectivity index (χ4n) is 4.61. The van der Waals surface area contributed by atoms with Gasteiger partial charge in [-0.2, -0.15) is 0 Å². The molecule has 0 aromatic carbocycles. The van der Waals surface area contributed by atoms with Crippen LogP contribution in [0.2, 0.25) is 0 Å². The van der Waals surface area contributed by atoms with Gasteiger partial charge in [-0.05, 0) is 50.9 Å². The summed E-state index contributed by atoms with van der Waals surface area (Å²) in [6, 6.07) is 0. The summed E-state index contributed by atoms with van der Waals surface area (Å²) in [6.07, 6.45) is 6.28. The molecular weight excluding hydrogens is 308 g/mol. The maximum Gasteiger partial charge on any atom is 0.251 e. The Morgan fingerprint density at radius 2 is 1.83 bits per heavy atom. The minimum absolute atomic E-state index is 0.0183. The number of amides is 2. The summed E-state index contributed by atoms with van der Waals surface area (Å²) in [6.45, 7) is 3.02. The number of ether oxygens (including phenoxy) is 1. The molecule has 6 nitrogen and oxygen atoms in total. The second-order valence-corrected chi connectivity index (χ2v) is 8.07. The van der Waals surface area contributed by atoms with Crippen molar-refractivity contribution in [2.24, 2.45) is 5.92 Å². The number of hydrogen-bond acceptors (Lipinski definition) is 4. The van der Waals surface area contributed by atoms with Gasteiger partial charge in [0.1, 0.15) is 6.10 Å². The molecule has 4 fully saturated rings. The molecule has 0 radical (unpaired) electrons. The molecule has 3 atom stereocenters. The molecule has 4 rings (SSSR count). The van der Waals surface area contributed by atoms with E-state index in [0.29, 0.717) is 12.5 Å². The van der Waals surface area contributed by atoms with Gasteiger partial charge in [-0.25, -0.2) is 0 Å². The minimum atomic E-state index is -0.765. The van der Waals surface area contributed by atoms with E-state index in [-0.39, 0.29) is 30.4 Å². The molecular formula is C18H28N2O4. The van der Waals surface area contributed by atoms with E-state index < -0.39 is 5.60 Å². The topological polar surface area (TPSA) is 70.1 Å². The summed E-state index contributed by atoms with van der Waals surface area (Å²) in [5.41, 5.74) is -0.765. The molecule has 6 heteroatoms. The van der Waals surface area contributed by atoms with E-state index in [1.165, 1.54) is 0 Å². The predicted octanol–water partition coefficient (Wildman–Crippen LogP) is 0.920. The Morgan fingerprint density at radius 1 is 1.08 bits per heavy atom. The third kappa shape index (κ3) is 3.06. The third-order valence-electron chi connectivity index (χ3n) is 6.36. The molecule has 0 bridgehead atoms. The lowest BCUT2D eigenvalue weighted by molar-refractivity contribution is -0.147. The minimum Gasteiger partial charge on any atom is -0.389 e. The van der Waals surface area contributed by atoms with Crippen molar-refractivity contribution in [2.75, 3.05) is 26.2 Å². The predicted molar refractivity (Wildman–Crippen MR) is 87.2 cm³/mol. The number of carbonyl (C=O) groups excluding carboxylic acids is 2. The highest BCUT2D eigenvalue weighted by atomic mass is 16.5. The number of piperidine rings is 1. The Hall–Kier alpha value is -1.14. The molecule has 134 valence electrons. The summed E-state index contributed by atoms with van der Waals surface area (Å²) in [4.78, 5) is 28.7. The summed E-state index contributed by atoms with van der Waals surface area (Å²) >= 11 is 0. The Morgan fingerprint density at radius 3 is 2.50 bits per heavy atom. The maximum atomic E-state index is 12.5. The van der Waals surface area contributed by atoms with Crippen molar-refractivity contribution in [1.29, 1.82) is 0 Å². The Labute approximate surface area is 143 Å². The molecule has 0 spiro atoms. The Balaban J connectivity index is 1.32. The first-order valence-corrected chi connectivity index (χ1v) is 9.48. The molecule has 0 aromatic rings. The van der Waals surface area contributed by atoms with Crippen molar-refractivity contribution >= 4 is 11.8 Å². The van der Waals surface area contributed by atoms with Crippen LogP contribution in [0.15, 0.2) is 0 Å². The lowest BCUT2D eigenvalue weighted by Gasteiger charge is -2.39.